The monoisotopic (exact) mass is 432 g/mol. The summed E-state index contributed by atoms with van der Waals surface area (Å²) in [6, 6.07) is 6.90. The van der Waals surface area contributed by atoms with E-state index in [0.717, 1.165) is 12.1 Å². The van der Waals surface area contributed by atoms with Crippen molar-refractivity contribution in [2.24, 2.45) is 11.3 Å². The van der Waals surface area contributed by atoms with Gasteiger partial charge in [0.2, 0.25) is 0 Å². The standard InChI is InChI=1S/C22H24O9/c23-13-2-1-10-3-12(9-31-19(10)6-13)22(21(29)30)8-18(27)15(24)7-14(22)11-4-16(25)20(28)17(26)5-11/h1-2,4-6,12,14-15,18,23-28H,3,7-9H2,(H,29,30)/t12?,14?,15?,18?,22-/m0/s1. The molecule has 2 aromatic carbocycles. The zero-order valence-corrected chi connectivity index (χ0v) is 16.5. The van der Waals surface area contributed by atoms with E-state index in [1.807, 2.05) is 0 Å². The molecule has 0 amide bonds. The smallest absolute Gasteiger partial charge is 0.310 e. The maximum atomic E-state index is 12.8. The Balaban J connectivity index is 1.82. The molecule has 1 aliphatic carbocycles. The third-order valence-corrected chi connectivity index (χ3v) is 6.67. The quantitative estimate of drug-likeness (QED) is 0.355. The first-order chi connectivity index (χ1) is 14.6. The van der Waals surface area contributed by atoms with Gasteiger partial charge in [0.15, 0.2) is 17.2 Å². The number of aromatic hydroxyl groups is 4. The summed E-state index contributed by atoms with van der Waals surface area (Å²) in [4.78, 5) is 12.8. The molecular formula is C22H24O9. The van der Waals surface area contributed by atoms with Gasteiger partial charge in [0.05, 0.1) is 24.2 Å². The second kappa shape index (κ2) is 7.51. The van der Waals surface area contributed by atoms with Gasteiger partial charge in [-0.2, -0.15) is 0 Å². The molecule has 31 heavy (non-hydrogen) atoms. The van der Waals surface area contributed by atoms with Crippen molar-refractivity contribution >= 4 is 5.97 Å². The molecule has 0 aromatic heterocycles. The van der Waals surface area contributed by atoms with E-state index in [1.165, 1.54) is 12.1 Å². The normalized spacial score (nSPS) is 30.3. The van der Waals surface area contributed by atoms with Crippen LogP contribution in [0.1, 0.15) is 29.9 Å². The van der Waals surface area contributed by atoms with Crippen LogP contribution in [0.2, 0.25) is 0 Å². The van der Waals surface area contributed by atoms with Crippen LogP contribution in [0.3, 0.4) is 0 Å². The van der Waals surface area contributed by atoms with Crippen LogP contribution in [0.5, 0.6) is 28.7 Å². The minimum Gasteiger partial charge on any atom is -0.508 e. The van der Waals surface area contributed by atoms with Crippen LogP contribution in [0.4, 0.5) is 0 Å². The van der Waals surface area contributed by atoms with Crippen LogP contribution in [0, 0.1) is 11.3 Å². The SMILES string of the molecule is O=C(O)[C@]1(C2COc3cc(O)ccc3C2)CC(O)C(O)CC1c1cc(O)c(O)c(O)c1. The number of fused-ring (bicyclic) bond motifs is 1. The van der Waals surface area contributed by atoms with E-state index in [2.05, 4.69) is 0 Å². The number of ether oxygens (including phenoxy) is 1. The highest BCUT2D eigenvalue weighted by atomic mass is 16.5. The first-order valence-electron chi connectivity index (χ1n) is 9.92. The highest BCUT2D eigenvalue weighted by Crippen LogP contribution is 2.56. The van der Waals surface area contributed by atoms with Crippen molar-refractivity contribution in [1.29, 1.82) is 0 Å². The fourth-order valence-corrected chi connectivity index (χ4v) is 5.05. The Labute approximate surface area is 177 Å². The van der Waals surface area contributed by atoms with Crippen LogP contribution in [0.25, 0.3) is 0 Å². The van der Waals surface area contributed by atoms with Crippen LogP contribution in [0.15, 0.2) is 30.3 Å². The molecule has 7 N–H and O–H groups in total. The summed E-state index contributed by atoms with van der Waals surface area (Å²) in [5.41, 5.74) is -0.674. The maximum Gasteiger partial charge on any atom is 0.310 e. The fourth-order valence-electron chi connectivity index (χ4n) is 5.05. The van der Waals surface area contributed by atoms with E-state index in [4.69, 9.17) is 4.74 Å². The van der Waals surface area contributed by atoms with Crippen LogP contribution >= 0.6 is 0 Å². The van der Waals surface area contributed by atoms with Crippen LogP contribution in [-0.4, -0.2) is 60.5 Å². The number of carbonyl (C=O) groups is 1. The van der Waals surface area contributed by atoms with Gasteiger partial charge in [-0.05, 0) is 48.6 Å². The number of hydrogen-bond donors (Lipinski definition) is 7. The fraction of sp³-hybridized carbons (Fsp3) is 0.409. The number of hydrogen-bond acceptors (Lipinski definition) is 8. The van der Waals surface area contributed by atoms with Gasteiger partial charge in [-0.3, -0.25) is 4.79 Å². The summed E-state index contributed by atoms with van der Waals surface area (Å²) in [7, 11) is 0. The molecule has 9 heteroatoms. The lowest BCUT2D eigenvalue weighted by atomic mass is 9.55. The summed E-state index contributed by atoms with van der Waals surface area (Å²) in [6.07, 6.45) is -2.59. The van der Waals surface area contributed by atoms with Crippen LogP contribution < -0.4 is 4.74 Å². The summed E-state index contributed by atoms with van der Waals surface area (Å²) in [5, 5.41) is 70.5. The van der Waals surface area contributed by atoms with Crippen molar-refractivity contribution in [1.82, 2.24) is 0 Å². The number of benzene rings is 2. The molecule has 4 rings (SSSR count). The van der Waals surface area contributed by atoms with Gasteiger partial charge >= 0.3 is 5.97 Å². The van der Waals surface area contributed by atoms with Crippen molar-refractivity contribution in [3.63, 3.8) is 0 Å². The summed E-state index contributed by atoms with van der Waals surface area (Å²) >= 11 is 0. The van der Waals surface area contributed by atoms with Gasteiger partial charge in [-0.25, -0.2) is 0 Å². The third kappa shape index (κ3) is 3.39. The van der Waals surface area contributed by atoms with Gasteiger partial charge in [-0.1, -0.05) is 6.07 Å². The number of carboxylic acid groups (broad SMARTS) is 1. The topological polar surface area (TPSA) is 168 Å². The second-order valence-electron chi connectivity index (χ2n) is 8.38. The minimum absolute atomic E-state index is 0.00187. The van der Waals surface area contributed by atoms with E-state index in [0.29, 0.717) is 11.3 Å². The summed E-state index contributed by atoms with van der Waals surface area (Å²) in [5.74, 6) is -4.20. The lowest BCUT2D eigenvalue weighted by Gasteiger charge is -2.50. The Hall–Kier alpha value is -3.17. The largest absolute Gasteiger partial charge is 0.508 e. The predicted molar refractivity (Wildman–Crippen MR) is 106 cm³/mol. The van der Waals surface area contributed by atoms with Crippen molar-refractivity contribution in [3.8, 4) is 28.7 Å². The minimum atomic E-state index is -1.59. The average Bonchev–Trinajstić information content (AvgIpc) is 2.72. The Kier molecular flexibility index (Phi) is 5.10. The zero-order valence-electron chi connectivity index (χ0n) is 16.5. The lowest BCUT2D eigenvalue weighted by Crippen LogP contribution is -2.55. The van der Waals surface area contributed by atoms with Crippen molar-refractivity contribution in [2.45, 2.75) is 37.4 Å². The molecule has 0 saturated heterocycles. The van der Waals surface area contributed by atoms with Gasteiger partial charge < -0.3 is 40.5 Å². The number of aliphatic hydroxyl groups excluding tert-OH is 2. The lowest BCUT2D eigenvalue weighted by molar-refractivity contribution is -0.169. The molecule has 0 spiro atoms. The molecule has 166 valence electrons. The zero-order chi connectivity index (χ0) is 22.5. The molecule has 0 bridgehead atoms. The van der Waals surface area contributed by atoms with Crippen molar-refractivity contribution in [2.75, 3.05) is 6.61 Å². The van der Waals surface area contributed by atoms with E-state index in [9.17, 15) is 40.5 Å². The van der Waals surface area contributed by atoms with Gasteiger partial charge in [0.1, 0.15) is 11.5 Å². The molecule has 1 aliphatic heterocycles. The summed E-state index contributed by atoms with van der Waals surface area (Å²) in [6.45, 7) is -0.00187. The van der Waals surface area contributed by atoms with E-state index in [-0.39, 0.29) is 37.2 Å². The molecule has 1 saturated carbocycles. The predicted octanol–water partition coefficient (Wildman–Crippen LogP) is 1.43. The summed E-state index contributed by atoms with van der Waals surface area (Å²) < 4.78 is 5.75. The number of carboxylic acids is 1. The molecule has 2 aromatic rings. The molecule has 4 unspecified atom stereocenters. The number of aliphatic carboxylic acids is 1. The Morgan fingerprint density at radius 2 is 1.68 bits per heavy atom. The molecule has 2 aliphatic rings. The molecular weight excluding hydrogens is 408 g/mol. The van der Waals surface area contributed by atoms with E-state index >= 15 is 0 Å². The van der Waals surface area contributed by atoms with E-state index in [1.54, 1.807) is 6.07 Å². The maximum absolute atomic E-state index is 12.8. The van der Waals surface area contributed by atoms with Gasteiger partial charge in [0.25, 0.3) is 0 Å². The van der Waals surface area contributed by atoms with Crippen molar-refractivity contribution < 1.29 is 45.3 Å². The molecule has 9 nitrogen and oxygen atoms in total. The number of aliphatic hydroxyl groups is 2. The van der Waals surface area contributed by atoms with Crippen molar-refractivity contribution in [3.05, 3.63) is 41.5 Å². The Bertz CT molecular complexity index is 997. The molecule has 5 atom stereocenters. The van der Waals surface area contributed by atoms with Gasteiger partial charge in [0, 0.05) is 17.9 Å². The van der Waals surface area contributed by atoms with E-state index < -0.39 is 52.7 Å². The average molecular weight is 432 g/mol. The third-order valence-electron chi connectivity index (χ3n) is 6.67. The number of phenols is 4. The molecule has 1 fully saturated rings. The van der Waals surface area contributed by atoms with Crippen LogP contribution in [-0.2, 0) is 11.2 Å². The number of rotatable bonds is 3. The second-order valence-corrected chi connectivity index (χ2v) is 8.38. The molecule has 0 radical (unpaired) electrons. The molecule has 1 heterocycles. The Morgan fingerprint density at radius 3 is 2.32 bits per heavy atom. The highest BCUT2D eigenvalue weighted by molar-refractivity contribution is 5.77. The number of phenolic OH excluding ortho intramolecular Hbond substituents is 4. The first-order valence-corrected chi connectivity index (χ1v) is 9.92. The highest BCUT2D eigenvalue weighted by Gasteiger charge is 2.58. The first kappa shape index (κ1) is 21.1. The van der Waals surface area contributed by atoms with Gasteiger partial charge in [-0.15, -0.1) is 0 Å². The Morgan fingerprint density at radius 1 is 1.00 bits per heavy atom.